The molecule has 3 N–H and O–H groups in total. The van der Waals surface area contributed by atoms with Gasteiger partial charge in [0.2, 0.25) is 0 Å². The lowest BCUT2D eigenvalue weighted by Gasteiger charge is -2.08. The maximum Gasteiger partial charge on any atom is 0.264 e. The average Bonchev–Trinajstić information content (AvgIpc) is 2.76. The van der Waals surface area contributed by atoms with E-state index in [1.807, 2.05) is 4.72 Å². The van der Waals surface area contributed by atoms with E-state index >= 15 is 0 Å². The quantitative estimate of drug-likeness (QED) is 0.853. The van der Waals surface area contributed by atoms with Crippen LogP contribution in [0.15, 0.2) is 32.9 Å². The number of thiophene rings is 1. The van der Waals surface area contributed by atoms with Gasteiger partial charge in [-0.2, -0.15) is 0 Å². The van der Waals surface area contributed by atoms with E-state index in [9.17, 15) is 17.2 Å². The van der Waals surface area contributed by atoms with Crippen LogP contribution < -0.4 is 10.5 Å². The Kier molecular flexibility index (Phi) is 4.43. The minimum Gasteiger partial charge on any atom is -0.326 e. The SMILES string of the molecule is NCc1cc(S(=O)(=O)Nc2c(F)cccc2F)c(Br)s1. The third kappa shape index (κ3) is 3.00. The Balaban J connectivity index is 2.43. The van der Waals surface area contributed by atoms with Crippen LogP contribution in [0.25, 0.3) is 0 Å². The summed E-state index contributed by atoms with van der Waals surface area (Å²) in [5.74, 6) is -1.97. The van der Waals surface area contributed by atoms with Gasteiger partial charge >= 0.3 is 0 Å². The number of halogens is 3. The van der Waals surface area contributed by atoms with Gasteiger partial charge in [-0.3, -0.25) is 4.72 Å². The fourth-order valence-electron chi connectivity index (χ4n) is 1.47. The zero-order valence-corrected chi connectivity index (χ0v) is 13.1. The maximum absolute atomic E-state index is 13.5. The van der Waals surface area contributed by atoms with Gasteiger partial charge in [-0.25, -0.2) is 17.2 Å². The van der Waals surface area contributed by atoms with Crippen molar-refractivity contribution in [2.24, 2.45) is 5.73 Å². The Morgan fingerprint density at radius 1 is 1.30 bits per heavy atom. The van der Waals surface area contributed by atoms with Gasteiger partial charge in [0.1, 0.15) is 22.2 Å². The summed E-state index contributed by atoms with van der Waals surface area (Å²) in [4.78, 5) is 0.525. The van der Waals surface area contributed by atoms with Crippen LogP contribution in [-0.4, -0.2) is 8.42 Å². The van der Waals surface area contributed by atoms with Gasteiger partial charge in [0.05, 0.1) is 3.79 Å². The molecule has 0 aliphatic rings. The van der Waals surface area contributed by atoms with Crippen LogP contribution >= 0.6 is 27.3 Å². The number of hydrogen-bond acceptors (Lipinski definition) is 4. The van der Waals surface area contributed by atoms with E-state index < -0.39 is 27.3 Å². The second-order valence-corrected chi connectivity index (χ2v) is 7.86. The predicted octanol–water partition coefficient (Wildman–Crippen LogP) is 3.05. The third-order valence-corrected chi connectivity index (χ3v) is 6.02. The first-order valence-corrected chi connectivity index (χ1v) is 8.39. The molecule has 0 aliphatic heterocycles. The molecule has 1 heterocycles. The summed E-state index contributed by atoms with van der Waals surface area (Å²) in [5, 5.41) is 0. The van der Waals surface area contributed by atoms with Gasteiger partial charge in [0.15, 0.2) is 0 Å². The molecule has 0 bridgehead atoms. The molecule has 0 amide bonds. The predicted molar refractivity (Wildman–Crippen MR) is 77.1 cm³/mol. The van der Waals surface area contributed by atoms with Crippen molar-refractivity contribution < 1.29 is 17.2 Å². The first-order valence-electron chi connectivity index (χ1n) is 5.30. The molecule has 2 rings (SSSR count). The van der Waals surface area contributed by atoms with E-state index in [-0.39, 0.29) is 11.4 Å². The van der Waals surface area contributed by atoms with Crippen LogP contribution in [0.4, 0.5) is 14.5 Å². The zero-order chi connectivity index (χ0) is 14.9. The van der Waals surface area contributed by atoms with E-state index in [2.05, 4.69) is 15.9 Å². The fraction of sp³-hybridized carbons (Fsp3) is 0.0909. The molecule has 0 fully saturated rings. The standard InChI is InChI=1S/C11H9BrF2N2O2S2/c12-11-9(4-6(5-15)19-11)20(17,18)16-10-7(13)2-1-3-8(10)14/h1-4,16H,5,15H2. The Bertz CT molecular complexity index is 727. The van der Waals surface area contributed by atoms with Gasteiger partial charge in [0.25, 0.3) is 10.0 Å². The first-order chi connectivity index (χ1) is 9.35. The fourth-order valence-corrected chi connectivity index (χ4v) is 5.10. The van der Waals surface area contributed by atoms with Crippen LogP contribution in [0.3, 0.4) is 0 Å². The van der Waals surface area contributed by atoms with Crippen molar-refractivity contribution in [2.75, 3.05) is 4.72 Å². The number of nitrogens with one attached hydrogen (secondary N) is 1. The van der Waals surface area contributed by atoms with Crippen molar-refractivity contribution >= 4 is 43.0 Å². The molecule has 1 aromatic heterocycles. The minimum absolute atomic E-state index is 0.106. The summed E-state index contributed by atoms with van der Waals surface area (Å²) in [6, 6.07) is 4.44. The Morgan fingerprint density at radius 2 is 1.90 bits per heavy atom. The van der Waals surface area contributed by atoms with Crippen molar-refractivity contribution in [3.8, 4) is 0 Å². The minimum atomic E-state index is -4.10. The van der Waals surface area contributed by atoms with Crippen molar-refractivity contribution in [1.29, 1.82) is 0 Å². The highest BCUT2D eigenvalue weighted by atomic mass is 79.9. The number of nitrogens with two attached hydrogens (primary N) is 1. The first kappa shape index (κ1) is 15.4. The van der Waals surface area contributed by atoms with E-state index in [4.69, 9.17) is 5.73 Å². The van der Waals surface area contributed by atoms with Gasteiger partial charge in [-0.15, -0.1) is 11.3 Å². The summed E-state index contributed by atoms with van der Waals surface area (Å²) in [7, 11) is -4.10. The molecule has 0 unspecified atom stereocenters. The second kappa shape index (κ2) is 5.76. The van der Waals surface area contributed by atoms with Crippen molar-refractivity contribution in [3.63, 3.8) is 0 Å². The summed E-state index contributed by atoms with van der Waals surface area (Å²) in [5.41, 5.74) is 4.72. The lowest BCUT2D eigenvalue weighted by molar-refractivity contribution is 0.583. The summed E-state index contributed by atoms with van der Waals surface area (Å²) < 4.78 is 53.5. The summed E-state index contributed by atoms with van der Waals surface area (Å²) in [6.45, 7) is 0.173. The van der Waals surface area contributed by atoms with E-state index in [1.165, 1.54) is 6.07 Å². The number of benzene rings is 1. The number of para-hydroxylation sites is 1. The molecule has 4 nitrogen and oxygen atoms in total. The molecule has 0 saturated carbocycles. The van der Waals surface area contributed by atoms with Crippen molar-refractivity contribution in [1.82, 2.24) is 0 Å². The van der Waals surface area contributed by atoms with Gasteiger partial charge in [-0.05, 0) is 34.1 Å². The van der Waals surface area contributed by atoms with E-state index in [1.54, 1.807) is 0 Å². The summed E-state index contributed by atoms with van der Waals surface area (Å²) >= 11 is 4.25. The number of hydrogen-bond donors (Lipinski definition) is 2. The topological polar surface area (TPSA) is 72.2 Å². The van der Waals surface area contributed by atoms with Crippen LogP contribution in [0.1, 0.15) is 4.88 Å². The normalized spacial score (nSPS) is 11.6. The Hall–Kier alpha value is -1.03. The molecule has 2 aromatic rings. The third-order valence-electron chi connectivity index (χ3n) is 2.40. The second-order valence-electron chi connectivity index (χ2n) is 3.76. The molecular weight excluding hydrogens is 374 g/mol. The van der Waals surface area contributed by atoms with E-state index in [0.29, 0.717) is 8.66 Å². The van der Waals surface area contributed by atoms with Gasteiger partial charge in [0, 0.05) is 11.4 Å². The molecular formula is C11H9BrF2N2O2S2. The smallest absolute Gasteiger partial charge is 0.264 e. The van der Waals surface area contributed by atoms with Crippen molar-refractivity contribution in [3.05, 3.63) is 44.6 Å². The highest BCUT2D eigenvalue weighted by Gasteiger charge is 2.23. The van der Waals surface area contributed by atoms with Gasteiger partial charge < -0.3 is 5.73 Å². The average molecular weight is 383 g/mol. The van der Waals surface area contributed by atoms with Crippen LogP contribution in [0.2, 0.25) is 0 Å². The molecule has 0 saturated heterocycles. The lowest BCUT2D eigenvalue weighted by atomic mass is 10.3. The number of anilines is 1. The highest BCUT2D eigenvalue weighted by molar-refractivity contribution is 9.11. The highest BCUT2D eigenvalue weighted by Crippen LogP contribution is 2.33. The van der Waals surface area contributed by atoms with Crippen LogP contribution in [0.5, 0.6) is 0 Å². The van der Waals surface area contributed by atoms with Crippen LogP contribution in [-0.2, 0) is 16.6 Å². The molecule has 0 atom stereocenters. The molecule has 1 aromatic carbocycles. The van der Waals surface area contributed by atoms with E-state index in [0.717, 1.165) is 29.5 Å². The molecule has 0 spiro atoms. The zero-order valence-electron chi connectivity index (χ0n) is 9.86. The summed E-state index contributed by atoms with van der Waals surface area (Å²) in [6.07, 6.45) is 0. The largest absolute Gasteiger partial charge is 0.326 e. The maximum atomic E-state index is 13.5. The molecule has 108 valence electrons. The molecule has 0 aliphatic carbocycles. The number of sulfonamides is 1. The van der Waals surface area contributed by atoms with Crippen molar-refractivity contribution in [2.45, 2.75) is 11.4 Å². The monoisotopic (exact) mass is 382 g/mol. The Morgan fingerprint density at radius 3 is 2.40 bits per heavy atom. The molecule has 0 radical (unpaired) electrons. The Labute approximate surface area is 126 Å². The van der Waals surface area contributed by atoms with Gasteiger partial charge in [-0.1, -0.05) is 6.07 Å². The number of rotatable bonds is 4. The molecule has 9 heteroatoms. The molecule has 20 heavy (non-hydrogen) atoms. The van der Waals surface area contributed by atoms with Crippen LogP contribution in [0, 0.1) is 11.6 Å². The lowest BCUT2D eigenvalue weighted by Crippen LogP contribution is -2.15.